The fraction of sp³-hybridized carbons (Fsp3) is 0.458. The summed E-state index contributed by atoms with van der Waals surface area (Å²) in [5.74, 6) is -0.139. The smallest absolute Gasteiger partial charge is 0.370 e. The first-order chi connectivity index (χ1) is 16.7. The van der Waals surface area contributed by atoms with E-state index in [1.807, 2.05) is 6.07 Å². The van der Waals surface area contributed by atoms with E-state index in [2.05, 4.69) is 25.1 Å². The van der Waals surface area contributed by atoms with Crippen LogP contribution in [-0.2, 0) is 6.18 Å². The maximum atomic E-state index is 13.2. The van der Waals surface area contributed by atoms with Crippen LogP contribution < -0.4 is 15.8 Å². The summed E-state index contributed by atoms with van der Waals surface area (Å²) in [7, 11) is 1.58. The van der Waals surface area contributed by atoms with Crippen molar-refractivity contribution >= 4 is 17.1 Å². The second-order valence-electron chi connectivity index (χ2n) is 9.20. The molecule has 1 unspecified atom stereocenters. The van der Waals surface area contributed by atoms with Crippen molar-refractivity contribution in [2.45, 2.75) is 37.4 Å². The van der Waals surface area contributed by atoms with E-state index in [0.29, 0.717) is 17.4 Å². The minimum atomic E-state index is -4.56. The summed E-state index contributed by atoms with van der Waals surface area (Å²) >= 11 is 0. The van der Waals surface area contributed by atoms with Crippen molar-refractivity contribution in [1.82, 2.24) is 24.6 Å². The number of aromatic amines is 1. The first-order valence-electron chi connectivity index (χ1n) is 11.7. The number of hydrogen-bond donors (Lipinski definition) is 2. The van der Waals surface area contributed by atoms with E-state index in [0.717, 1.165) is 57.2 Å². The Kier molecular flexibility index (Phi) is 6.04. The molecule has 0 spiro atoms. The Morgan fingerprint density at radius 2 is 1.91 bits per heavy atom. The fourth-order valence-corrected chi connectivity index (χ4v) is 5.30. The Bertz CT molecular complexity index is 1280. The van der Waals surface area contributed by atoms with Crippen molar-refractivity contribution in [2.24, 2.45) is 0 Å². The first-order valence-corrected chi connectivity index (χ1v) is 11.7. The quantitative estimate of drug-likeness (QED) is 0.590. The monoisotopic (exact) mass is 488 g/mol. The molecular weight excluding hydrogens is 461 g/mol. The van der Waals surface area contributed by atoms with Gasteiger partial charge in [-0.25, -0.2) is 4.98 Å². The zero-order valence-corrected chi connectivity index (χ0v) is 19.3. The molecule has 2 aliphatic heterocycles. The van der Waals surface area contributed by atoms with E-state index in [-0.39, 0.29) is 17.3 Å². The topological polar surface area (TPSA) is 85.7 Å². The first kappa shape index (κ1) is 23.4. The van der Waals surface area contributed by atoms with E-state index in [9.17, 15) is 22.8 Å². The highest BCUT2D eigenvalue weighted by molar-refractivity contribution is 5.92. The number of alkyl halides is 3. The Morgan fingerprint density at radius 1 is 1.14 bits per heavy atom. The lowest BCUT2D eigenvalue weighted by Gasteiger charge is -2.37. The number of anilines is 1. The standard InChI is InChI=1S/C24H27F3N6O2/c1-28-22(34)19-3-2-17(12-29-19)31-9-5-16(6-10-31)32-8-4-15(13-32)20-14-33-11-7-18(24(25,26)27)21(33)23(35)30-20/h2-3,7,11-12,14-16H,4-6,8-10,13H2,1H3,(H,28,34)(H,30,35). The van der Waals surface area contributed by atoms with Crippen LogP contribution in [0.5, 0.6) is 0 Å². The van der Waals surface area contributed by atoms with Crippen LogP contribution in [-0.4, -0.2) is 64.4 Å². The van der Waals surface area contributed by atoms with Crippen molar-refractivity contribution < 1.29 is 18.0 Å². The summed E-state index contributed by atoms with van der Waals surface area (Å²) in [5, 5.41) is 2.56. The molecule has 1 amide bonds. The Labute approximate surface area is 199 Å². The summed E-state index contributed by atoms with van der Waals surface area (Å²) in [4.78, 5) is 35.8. The third-order valence-corrected chi connectivity index (χ3v) is 7.18. The number of H-pyrrole nitrogens is 1. The van der Waals surface area contributed by atoms with Crippen molar-refractivity contribution in [1.29, 1.82) is 0 Å². The number of nitrogens with zero attached hydrogens (tertiary/aromatic N) is 4. The maximum absolute atomic E-state index is 13.2. The average Bonchev–Trinajstić information content (AvgIpc) is 3.52. The molecule has 2 aliphatic rings. The van der Waals surface area contributed by atoms with Gasteiger partial charge in [-0.15, -0.1) is 0 Å². The molecule has 11 heteroatoms. The predicted octanol–water partition coefficient (Wildman–Crippen LogP) is 2.86. The number of rotatable bonds is 4. The lowest BCUT2D eigenvalue weighted by atomic mass is 10.0. The summed E-state index contributed by atoms with van der Waals surface area (Å²) in [6.07, 6.45) is 2.89. The summed E-state index contributed by atoms with van der Waals surface area (Å²) in [5.41, 5.74) is 0.0767. The number of carbonyl (C=O) groups excluding carboxylic acids is 1. The van der Waals surface area contributed by atoms with Crippen LogP contribution in [0, 0.1) is 0 Å². The zero-order valence-electron chi connectivity index (χ0n) is 19.3. The molecule has 0 bridgehead atoms. The number of halogens is 3. The van der Waals surface area contributed by atoms with Gasteiger partial charge < -0.3 is 19.6 Å². The van der Waals surface area contributed by atoms with Crippen LogP contribution in [0.15, 0.2) is 41.6 Å². The molecule has 186 valence electrons. The summed E-state index contributed by atoms with van der Waals surface area (Å²) in [6, 6.07) is 5.01. The van der Waals surface area contributed by atoms with Crippen LogP contribution in [0.3, 0.4) is 0 Å². The normalized spacial score (nSPS) is 20.0. The number of aromatic nitrogens is 3. The van der Waals surface area contributed by atoms with E-state index in [1.165, 1.54) is 10.6 Å². The van der Waals surface area contributed by atoms with E-state index in [4.69, 9.17) is 0 Å². The highest BCUT2D eigenvalue weighted by Crippen LogP contribution is 2.34. The molecule has 1 atom stereocenters. The molecule has 2 N–H and O–H groups in total. The highest BCUT2D eigenvalue weighted by atomic mass is 19.4. The van der Waals surface area contributed by atoms with Gasteiger partial charge in [0.15, 0.2) is 0 Å². The molecule has 5 rings (SSSR count). The molecule has 3 aromatic rings. The third kappa shape index (κ3) is 4.52. The molecule has 2 saturated heterocycles. The van der Waals surface area contributed by atoms with Crippen molar-refractivity contribution in [3.63, 3.8) is 0 Å². The lowest BCUT2D eigenvalue weighted by molar-refractivity contribution is -0.136. The van der Waals surface area contributed by atoms with E-state index >= 15 is 0 Å². The Morgan fingerprint density at radius 3 is 2.57 bits per heavy atom. The molecular formula is C24H27F3N6O2. The molecule has 0 aliphatic carbocycles. The molecule has 0 saturated carbocycles. The zero-order chi connectivity index (χ0) is 24.7. The molecule has 8 nitrogen and oxygen atoms in total. The van der Waals surface area contributed by atoms with E-state index in [1.54, 1.807) is 25.5 Å². The maximum Gasteiger partial charge on any atom is 0.418 e. The van der Waals surface area contributed by atoms with Crippen LogP contribution in [0.1, 0.15) is 46.9 Å². The number of hydrogen-bond acceptors (Lipinski definition) is 5. The van der Waals surface area contributed by atoms with Gasteiger partial charge in [0, 0.05) is 56.7 Å². The van der Waals surface area contributed by atoms with Crippen LogP contribution >= 0.6 is 0 Å². The molecule has 0 radical (unpaired) electrons. The molecule has 0 aromatic carbocycles. The number of fused-ring (bicyclic) bond motifs is 1. The fourth-order valence-electron chi connectivity index (χ4n) is 5.30. The van der Waals surface area contributed by atoms with Crippen LogP contribution in [0.25, 0.3) is 5.52 Å². The van der Waals surface area contributed by atoms with Crippen molar-refractivity contribution in [3.8, 4) is 0 Å². The SMILES string of the molecule is CNC(=O)c1ccc(N2CCC(N3CCC(c4cn5ccc(C(F)(F)F)c5c(=O)[nH]4)C3)CC2)cn1. The molecule has 2 fully saturated rings. The van der Waals surface area contributed by atoms with Crippen molar-refractivity contribution in [2.75, 3.05) is 38.1 Å². The van der Waals surface area contributed by atoms with Crippen molar-refractivity contribution in [3.05, 3.63) is 64.1 Å². The minimum absolute atomic E-state index is 0.0725. The van der Waals surface area contributed by atoms with E-state index < -0.39 is 17.3 Å². The summed E-state index contributed by atoms with van der Waals surface area (Å²) in [6.45, 7) is 3.40. The predicted molar refractivity (Wildman–Crippen MR) is 125 cm³/mol. The minimum Gasteiger partial charge on any atom is -0.370 e. The number of nitrogens with one attached hydrogen (secondary N) is 2. The van der Waals surface area contributed by atoms with Gasteiger partial charge in [-0.3, -0.25) is 14.5 Å². The average molecular weight is 489 g/mol. The second kappa shape index (κ2) is 9.03. The largest absolute Gasteiger partial charge is 0.418 e. The Hall–Kier alpha value is -3.34. The number of piperidine rings is 1. The Balaban J connectivity index is 1.22. The number of likely N-dealkylation sites (tertiary alicyclic amines) is 1. The molecule has 35 heavy (non-hydrogen) atoms. The third-order valence-electron chi connectivity index (χ3n) is 7.18. The van der Waals surface area contributed by atoms with Gasteiger partial charge in [-0.1, -0.05) is 0 Å². The van der Waals surface area contributed by atoms with Gasteiger partial charge in [0.25, 0.3) is 11.5 Å². The molecule has 5 heterocycles. The van der Waals surface area contributed by atoms with Gasteiger partial charge in [-0.05, 0) is 44.0 Å². The number of amides is 1. The molecule has 3 aromatic heterocycles. The van der Waals surface area contributed by atoms with Crippen LogP contribution in [0.2, 0.25) is 0 Å². The number of carbonyl (C=O) groups is 1. The van der Waals surface area contributed by atoms with Crippen LogP contribution in [0.4, 0.5) is 18.9 Å². The highest BCUT2D eigenvalue weighted by Gasteiger charge is 2.36. The second-order valence-corrected chi connectivity index (χ2v) is 9.20. The lowest BCUT2D eigenvalue weighted by Crippen LogP contribution is -2.44. The summed E-state index contributed by atoms with van der Waals surface area (Å²) < 4.78 is 40.9. The van der Waals surface area contributed by atoms with Gasteiger partial charge >= 0.3 is 6.18 Å². The van der Waals surface area contributed by atoms with Gasteiger partial charge in [0.05, 0.1) is 17.4 Å². The van der Waals surface area contributed by atoms with Gasteiger partial charge in [0.2, 0.25) is 0 Å². The number of pyridine rings is 1. The van der Waals surface area contributed by atoms with Gasteiger partial charge in [-0.2, -0.15) is 13.2 Å². The van der Waals surface area contributed by atoms with Gasteiger partial charge in [0.1, 0.15) is 11.2 Å².